The van der Waals surface area contributed by atoms with E-state index < -0.39 is 11.7 Å². The first-order chi connectivity index (χ1) is 17.2. The van der Waals surface area contributed by atoms with Crippen LogP contribution in [0, 0.1) is 6.92 Å². The molecule has 0 saturated carbocycles. The van der Waals surface area contributed by atoms with Crippen molar-refractivity contribution in [3.05, 3.63) is 93.5 Å². The van der Waals surface area contributed by atoms with Gasteiger partial charge in [-0.1, -0.05) is 36.4 Å². The van der Waals surface area contributed by atoms with E-state index in [9.17, 15) is 18.0 Å². The molecule has 0 fully saturated rings. The molecule has 0 bridgehead atoms. The van der Waals surface area contributed by atoms with Gasteiger partial charge in [0.15, 0.2) is 0 Å². The summed E-state index contributed by atoms with van der Waals surface area (Å²) in [5.74, 6) is 0.885. The number of benzene rings is 3. The van der Waals surface area contributed by atoms with Crippen LogP contribution in [0.4, 0.5) is 13.2 Å². The van der Waals surface area contributed by atoms with Crippen LogP contribution in [0.2, 0.25) is 0 Å². The molecular formula is C29H27F3O4. The van der Waals surface area contributed by atoms with E-state index in [0.717, 1.165) is 27.8 Å². The van der Waals surface area contributed by atoms with E-state index in [1.165, 1.54) is 13.2 Å². The predicted molar refractivity (Wildman–Crippen MR) is 128 cm³/mol. The summed E-state index contributed by atoms with van der Waals surface area (Å²) in [5, 5.41) is 0. The number of aryl methyl sites for hydroxylation is 1. The Bertz CT molecular complexity index is 1300. The van der Waals surface area contributed by atoms with E-state index in [4.69, 9.17) is 14.2 Å². The van der Waals surface area contributed by atoms with Crippen LogP contribution in [0.15, 0.2) is 54.6 Å². The van der Waals surface area contributed by atoms with E-state index in [2.05, 4.69) is 0 Å². The van der Waals surface area contributed by atoms with Gasteiger partial charge in [0.05, 0.1) is 25.7 Å². The standard InChI is InChI=1S/C29H27F3O4/c1-17-5-3-4-6-18(17)13-24-22-10-12-26(23(22)9-11-25(24)29(30,31)32)36-20-7-8-21-19(14-28(33)34-2)16-35-27(21)15-20/h3-9,11,15,19,26H,10,12-14,16H2,1-2H3. The number of carbonyl (C=O) groups excluding carboxylic acids is 1. The number of hydrogen-bond acceptors (Lipinski definition) is 4. The molecule has 188 valence electrons. The molecule has 0 radical (unpaired) electrons. The van der Waals surface area contributed by atoms with Gasteiger partial charge in [0, 0.05) is 17.5 Å². The van der Waals surface area contributed by atoms with Gasteiger partial charge in [0.2, 0.25) is 0 Å². The normalized spacial score (nSPS) is 18.4. The summed E-state index contributed by atoms with van der Waals surface area (Å²) in [6, 6.07) is 15.8. The molecule has 7 heteroatoms. The average Bonchev–Trinajstić information content (AvgIpc) is 3.44. The monoisotopic (exact) mass is 496 g/mol. The van der Waals surface area contributed by atoms with Gasteiger partial charge in [-0.3, -0.25) is 4.79 Å². The SMILES string of the molecule is COC(=O)CC1COc2cc(OC3CCc4c3ccc(C(F)(F)F)c4Cc3ccccc3C)ccc21. The molecule has 0 N–H and O–H groups in total. The Morgan fingerprint density at radius 2 is 1.86 bits per heavy atom. The highest BCUT2D eigenvalue weighted by atomic mass is 19.4. The highest BCUT2D eigenvalue weighted by molar-refractivity contribution is 5.71. The molecule has 2 atom stereocenters. The van der Waals surface area contributed by atoms with E-state index in [1.54, 1.807) is 12.1 Å². The summed E-state index contributed by atoms with van der Waals surface area (Å²) in [5.41, 5.74) is 4.08. The topological polar surface area (TPSA) is 44.8 Å². The van der Waals surface area contributed by atoms with Gasteiger partial charge in [-0.25, -0.2) is 0 Å². The molecule has 2 aliphatic rings. The average molecular weight is 497 g/mol. The predicted octanol–water partition coefficient (Wildman–Crippen LogP) is 6.71. The van der Waals surface area contributed by atoms with Gasteiger partial charge < -0.3 is 14.2 Å². The Kier molecular flexibility index (Phi) is 6.41. The quantitative estimate of drug-likeness (QED) is 0.356. The molecule has 0 aromatic heterocycles. The first-order valence-corrected chi connectivity index (χ1v) is 12.0. The smallest absolute Gasteiger partial charge is 0.416 e. The fourth-order valence-electron chi connectivity index (χ4n) is 5.28. The molecule has 0 spiro atoms. The van der Waals surface area contributed by atoms with E-state index in [1.807, 2.05) is 43.3 Å². The molecule has 0 amide bonds. The van der Waals surface area contributed by atoms with Gasteiger partial charge in [-0.2, -0.15) is 13.2 Å². The number of ether oxygens (including phenoxy) is 3. The maximum Gasteiger partial charge on any atom is 0.416 e. The lowest BCUT2D eigenvalue weighted by atomic mass is 9.90. The Balaban J connectivity index is 1.42. The summed E-state index contributed by atoms with van der Waals surface area (Å²) < 4.78 is 58.7. The molecule has 36 heavy (non-hydrogen) atoms. The van der Waals surface area contributed by atoms with Gasteiger partial charge in [0.1, 0.15) is 17.6 Å². The van der Waals surface area contributed by atoms with Crippen molar-refractivity contribution in [2.45, 2.75) is 50.8 Å². The Labute approximate surface area is 208 Å². The number of methoxy groups -OCH3 is 1. The third kappa shape index (κ3) is 4.66. The van der Waals surface area contributed by atoms with Crippen LogP contribution >= 0.6 is 0 Å². The molecule has 0 saturated heterocycles. The molecule has 1 aliphatic carbocycles. The number of esters is 1. The molecule has 5 rings (SSSR count). The second-order valence-electron chi connectivity index (χ2n) is 9.39. The molecule has 3 aromatic carbocycles. The second kappa shape index (κ2) is 9.52. The highest BCUT2D eigenvalue weighted by Crippen LogP contribution is 2.44. The fraction of sp³-hybridized carbons (Fsp3) is 0.345. The zero-order chi connectivity index (χ0) is 25.4. The van der Waals surface area contributed by atoms with E-state index in [0.29, 0.717) is 36.5 Å². The van der Waals surface area contributed by atoms with Crippen molar-refractivity contribution in [1.82, 2.24) is 0 Å². The van der Waals surface area contributed by atoms with Gasteiger partial charge in [-0.15, -0.1) is 0 Å². The molecule has 2 unspecified atom stereocenters. The van der Waals surface area contributed by atoms with Crippen LogP contribution in [0.3, 0.4) is 0 Å². The summed E-state index contributed by atoms with van der Waals surface area (Å²) in [7, 11) is 1.36. The number of hydrogen-bond donors (Lipinski definition) is 0. The third-order valence-electron chi connectivity index (χ3n) is 7.19. The second-order valence-corrected chi connectivity index (χ2v) is 9.39. The van der Waals surface area contributed by atoms with Crippen LogP contribution in [-0.2, 0) is 28.5 Å². The van der Waals surface area contributed by atoms with Crippen LogP contribution in [-0.4, -0.2) is 19.7 Å². The molecule has 3 aromatic rings. The zero-order valence-electron chi connectivity index (χ0n) is 20.2. The minimum absolute atomic E-state index is 0.0708. The maximum absolute atomic E-state index is 14.0. The number of alkyl halides is 3. The molecule has 1 heterocycles. The molecule has 1 aliphatic heterocycles. The van der Waals surface area contributed by atoms with Crippen molar-refractivity contribution in [2.75, 3.05) is 13.7 Å². The minimum atomic E-state index is -4.43. The summed E-state index contributed by atoms with van der Waals surface area (Å²) in [6.45, 7) is 2.31. The van der Waals surface area contributed by atoms with E-state index >= 15 is 0 Å². The van der Waals surface area contributed by atoms with Gasteiger partial charge >= 0.3 is 12.1 Å². The Hall–Kier alpha value is -3.48. The van der Waals surface area contributed by atoms with Crippen molar-refractivity contribution in [3.8, 4) is 11.5 Å². The fourth-order valence-corrected chi connectivity index (χ4v) is 5.28. The lowest BCUT2D eigenvalue weighted by Crippen LogP contribution is -2.13. The van der Waals surface area contributed by atoms with Gasteiger partial charge in [0.25, 0.3) is 0 Å². The minimum Gasteiger partial charge on any atom is -0.492 e. The van der Waals surface area contributed by atoms with Crippen molar-refractivity contribution < 1.29 is 32.2 Å². The van der Waals surface area contributed by atoms with Crippen molar-refractivity contribution in [1.29, 1.82) is 0 Å². The van der Waals surface area contributed by atoms with Crippen LogP contribution in [0.1, 0.15) is 63.8 Å². The summed E-state index contributed by atoms with van der Waals surface area (Å²) in [6.07, 6.45) is -3.18. The largest absolute Gasteiger partial charge is 0.492 e. The number of carbonyl (C=O) groups is 1. The lowest BCUT2D eigenvalue weighted by Gasteiger charge is -2.20. The van der Waals surface area contributed by atoms with Crippen molar-refractivity contribution in [2.24, 2.45) is 0 Å². The Morgan fingerprint density at radius 3 is 2.61 bits per heavy atom. The van der Waals surface area contributed by atoms with Crippen LogP contribution < -0.4 is 9.47 Å². The van der Waals surface area contributed by atoms with E-state index in [-0.39, 0.29) is 30.8 Å². The summed E-state index contributed by atoms with van der Waals surface area (Å²) >= 11 is 0. The summed E-state index contributed by atoms with van der Waals surface area (Å²) in [4.78, 5) is 11.7. The van der Waals surface area contributed by atoms with Crippen LogP contribution in [0.25, 0.3) is 0 Å². The Morgan fingerprint density at radius 1 is 1.08 bits per heavy atom. The van der Waals surface area contributed by atoms with Crippen molar-refractivity contribution >= 4 is 5.97 Å². The number of halogens is 3. The first-order valence-electron chi connectivity index (χ1n) is 12.0. The van der Waals surface area contributed by atoms with Gasteiger partial charge in [-0.05, 0) is 66.1 Å². The highest BCUT2D eigenvalue weighted by Gasteiger charge is 2.37. The lowest BCUT2D eigenvalue weighted by molar-refractivity contribution is -0.141. The zero-order valence-corrected chi connectivity index (χ0v) is 20.2. The van der Waals surface area contributed by atoms with Crippen molar-refractivity contribution in [3.63, 3.8) is 0 Å². The number of fused-ring (bicyclic) bond motifs is 2. The van der Waals surface area contributed by atoms with Crippen LogP contribution in [0.5, 0.6) is 11.5 Å². The first kappa shape index (κ1) is 24.2. The molecule has 4 nitrogen and oxygen atoms in total. The maximum atomic E-state index is 14.0. The third-order valence-corrected chi connectivity index (χ3v) is 7.19. The molecular weight excluding hydrogens is 469 g/mol. The number of rotatable bonds is 6.